The zero-order valence-electron chi connectivity index (χ0n) is 22.6. The number of aryl methyl sites for hydroxylation is 1. The third-order valence-electron chi connectivity index (χ3n) is 7.37. The van der Waals surface area contributed by atoms with Crippen LogP contribution in [0.5, 0.6) is 11.5 Å². The Bertz CT molecular complexity index is 1210. The lowest BCUT2D eigenvalue weighted by Crippen LogP contribution is -2.39. The average Bonchev–Trinajstić information content (AvgIpc) is 2.86. The Labute approximate surface area is 215 Å². The molecule has 1 saturated carbocycles. The molecule has 5 heteroatoms. The number of hydrogen-bond acceptors (Lipinski definition) is 4. The highest BCUT2D eigenvalue weighted by molar-refractivity contribution is 6.02. The van der Waals surface area contributed by atoms with Gasteiger partial charge in [-0.2, -0.15) is 0 Å². The molecule has 1 aromatic heterocycles. The first-order valence-corrected chi connectivity index (χ1v) is 13.1. The van der Waals surface area contributed by atoms with E-state index in [9.17, 15) is 4.79 Å². The fraction of sp³-hybridized carbons (Fsp3) is 0.484. The molecule has 0 radical (unpaired) electrons. The third kappa shape index (κ3) is 6.00. The molecule has 5 nitrogen and oxygen atoms in total. The van der Waals surface area contributed by atoms with E-state index in [4.69, 9.17) is 14.5 Å². The summed E-state index contributed by atoms with van der Waals surface area (Å²) in [5.74, 6) is 3.68. The Balaban J connectivity index is 1.55. The number of pyridine rings is 1. The van der Waals surface area contributed by atoms with E-state index < -0.39 is 0 Å². The zero-order valence-corrected chi connectivity index (χ0v) is 22.6. The molecule has 0 spiro atoms. The van der Waals surface area contributed by atoms with E-state index in [0.717, 1.165) is 53.8 Å². The molecule has 36 heavy (non-hydrogen) atoms. The van der Waals surface area contributed by atoms with Gasteiger partial charge in [0.25, 0.3) is 0 Å². The van der Waals surface area contributed by atoms with Crippen molar-refractivity contribution in [2.24, 2.45) is 11.3 Å². The number of carbonyl (C=O) groups excluding carboxylic acids is 1. The Kier molecular flexibility index (Phi) is 7.87. The lowest BCUT2D eigenvalue weighted by molar-refractivity contribution is -0.120. The van der Waals surface area contributed by atoms with Gasteiger partial charge < -0.3 is 9.47 Å². The standard InChI is InChI=1S/C31H40N2O3/c1-21-17-24(11-14-28(21)36-6)23-9-7-22(8-10-23)20-33(29(34)19-31(2,3)4)30-27-13-12-26(35-5)18-25(27)15-16-32-30/h11-18,22-23H,7-10,19-20H2,1-6H3. The number of methoxy groups -OCH3 is 2. The summed E-state index contributed by atoms with van der Waals surface area (Å²) >= 11 is 0. The molecule has 0 atom stereocenters. The van der Waals surface area contributed by atoms with Gasteiger partial charge in [-0.25, -0.2) is 4.98 Å². The van der Waals surface area contributed by atoms with Gasteiger partial charge in [-0.1, -0.05) is 32.9 Å². The van der Waals surface area contributed by atoms with E-state index in [2.05, 4.69) is 45.9 Å². The number of anilines is 1. The largest absolute Gasteiger partial charge is 0.497 e. The number of fused-ring (bicyclic) bond motifs is 1. The molecule has 1 aliphatic carbocycles. The van der Waals surface area contributed by atoms with Crippen LogP contribution in [-0.4, -0.2) is 31.7 Å². The summed E-state index contributed by atoms with van der Waals surface area (Å²) < 4.78 is 10.9. The van der Waals surface area contributed by atoms with Gasteiger partial charge in [-0.15, -0.1) is 0 Å². The highest BCUT2D eigenvalue weighted by atomic mass is 16.5. The molecule has 0 aliphatic heterocycles. The van der Waals surface area contributed by atoms with E-state index in [1.165, 1.54) is 11.1 Å². The van der Waals surface area contributed by atoms with Crippen LogP contribution in [0.2, 0.25) is 0 Å². The van der Waals surface area contributed by atoms with Crippen molar-refractivity contribution in [1.82, 2.24) is 4.98 Å². The molecular weight excluding hydrogens is 448 g/mol. The smallest absolute Gasteiger partial charge is 0.228 e. The van der Waals surface area contributed by atoms with E-state index in [1.54, 1.807) is 20.4 Å². The van der Waals surface area contributed by atoms with Crippen molar-refractivity contribution in [2.45, 2.75) is 65.7 Å². The number of ether oxygens (including phenoxy) is 2. The first kappa shape index (κ1) is 26.0. The van der Waals surface area contributed by atoms with Gasteiger partial charge in [-0.05, 0) is 96.7 Å². The summed E-state index contributed by atoms with van der Waals surface area (Å²) in [7, 11) is 3.40. The van der Waals surface area contributed by atoms with Crippen LogP contribution in [0.4, 0.5) is 5.82 Å². The van der Waals surface area contributed by atoms with Crippen LogP contribution in [0, 0.1) is 18.3 Å². The van der Waals surface area contributed by atoms with Crippen molar-refractivity contribution in [3.63, 3.8) is 0 Å². The number of nitrogens with zero attached hydrogens (tertiary/aromatic N) is 2. The SMILES string of the molecule is COc1ccc2c(N(CC3CCC(c4ccc(OC)c(C)c4)CC3)C(=O)CC(C)(C)C)nccc2c1. The summed E-state index contributed by atoms with van der Waals surface area (Å²) in [4.78, 5) is 20.3. The van der Waals surface area contributed by atoms with Gasteiger partial charge in [0.15, 0.2) is 0 Å². The minimum absolute atomic E-state index is 0.0903. The van der Waals surface area contributed by atoms with Crippen LogP contribution in [0.15, 0.2) is 48.7 Å². The van der Waals surface area contributed by atoms with Gasteiger partial charge in [0.2, 0.25) is 5.91 Å². The number of aromatic nitrogens is 1. The van der Waals surface area contributed by atoms with Crippen LogP contribution >= 0.6 is 0 Å². The molecular formula is C31H40N2O3. The topological polar surface area (TPSA) is 51.7 Å². The predicted octanol–water partition coefficient (Wildman–Crippen LogP) is 7.30. The molecule has 2 aromatic carbocycles. The maximum Gasteiger partial charge on any atom is 0.228 e. The van der Waals surface area contributed by atoms with Crippen LogP contribution in [-0.2, 0) is 4.79 Å². The van der Waals surface area contributed by atoms with Crippen LogP contribution < -0.4 is 14.4 Å². The highest BCUT2D eigenvalue weighted by Gasteiger charge is 2.30. The molecule has 3 aromatic rings. The number of rotatable bonds is 7. The first-order chi connectivity index (χ1) is 17.2. The lowest BCUT2D eigenvalue weighted by atomic mass is 9.78. The summed E-state index contributed by atoms with van der Waals surface area (Å²) in [6.45, 7) is 9.17. The molecule has 0 unspecified atom stereocenters. The fourth-order valence-corrected chi connectivity index (χ4v) is 5.43. The van der Waals surface area contributed by atoms with Crippen molar-refractivity contribution in [3.05, 3.63) is 59.8 Å². The normalized spacial score (nSPS) is 18.2. The van der Waals surface area contributed by atoms with Gasteiger partial charge >= 0.3 is 0 Å². The van der Waals surface area contributed by atoms with Crippen LogP contribution in [0.25, 0.3) is 10.8 Å². The second-order valence-electron chi connectivity index (χ2n) is 11.4. The molecule has 1 fully saturated rings. The Morgan fingerprint density at radius 2 is 1.75 bits per heavy atom. The predicted molar refractivity (Wildman–Crippen MR) is 147 cm³/mol. The summed E-state index contributed by atoms with van der Waals surface area (Å²) in [6.07, 6.45) is 6.77. The van der Waals surface area contributed by atoms with Gasteiger partial charge in [0.05, 0.1) is 14.2 Å². The van der Waals surface area contributed by atoms with Crippen LogP contribution in [0.1, 0.15) is 69.9 Å². The average molecular weight is 489 g/mol. The van der Waals surface area contributed by atoms with Crippen molar-refractivity contribution in [3.8, 4) is 11.5 Å². The number of benzene rings is 2. The second kappa shape index (κ2) is 10.9. The fourth-order valence-electron chi connectivity index (χ4n) is 5.43. The molecule has 1 amide bonds. The Morgan fingerprint density at radius 3 is 2.39 bits per heavy atom. The van der Waals surface area contributed by atoms with Crippen LogP contribution in [0.3, 0.4) is 0 Å². The molecule has 192 valence electrons. The van der Waals surface area contributed by atoms with Gasteiger partial charge in [0, 0.05) is 24.5 Å². The molecule has 4 rings (SSSR count). The van der Waals surface area contributed by atoms with Crippen molar-refractivity contribution in [2.75, 3.05) is 25.7 Å². The third-order valence-corrected chi connectivity index (χ3v) is 7.37. The first-order valence-electron chi connectivity index (χ1n) is 13.1. The van der Waals surface area contributed by atoms with Gasteiger partial charge in [0.1, 0.15) is 17.3 Å². The van der Waals surface area contributed by atoms with Crippen molar-refractivity contribution in [1.29, 1.82) is 0 Å². The Morgan fingerprint density at radius 1 is 1.00 bits per heavy atom. The van der Waals surface area contributed by atoms with Crippen molar-refractivity contribution < 1.29 is 14.3 Å². The molecule has 0 bridgehead atoms. The number of hydrogen-bond donors (Lipinski definition) is 0. The van der Waals surface area contributed by atoms with Gasteiger partial charge in [-0.3, -0.25) is 9.69 Å². The van der Waals surface area contributed by atoms with E-state index >= 15 is 0 Å². The zero-order chi connectivity index (χ0) is 25.9. The summed E-state index contributed by atoms with van der Waals surface area (Å²) in [6, 6.07) is 14.5. The lowest BCUT2D eigenvalue weighted by Gasteiger charge is -2.34. The van der Waals surface area contributed by atoms with E-state index in [-0.39, 0.29) is 11.3 Å². The maximum atomic E-state index is 13.6. The van der Waals surface area contributed by atoms with E-state index in [0.29, 0.717) is 24.8 Å². The molecule has 1 aliphatic rings. The number of carbonyl (C=O) groups is 1. The molecule has 0 N–H and O–H groups in total. The monoisotopic (exact) mass is 488 g/mol. The Hall–Kier alpha value is -3.08. The minimum atomic E-state index is -0.0903. The summed E-state index contributed by atoms with van der Waals surface area (Å²) in [5.41, 5.74) is 2.50. The van der Waals surface area contributed by atoms with Crippen molar-refractivity contribution >= 4 is 22.5 Å². The summed E-state index contributed by atoms with van der Waals surface area (Å²) in [5, 5.41) is 2.02. The minimum Gasteiger partial charge on any atom is -0.497 e. The quantitative estimate of drug-likeness (QED) is 0.350. The molecule has 1 heterocycles. The number of amides is 1. The second-order valence-corrected chi connectivity index (χ2v) is 11.4. The highest BCUT2D eigenvalue weighted by Crippen LogP contribution is 2.39. The maximum absolute atomic E-state index is 13.6. The molecule has 0 saturated heterocycles. The van der Waals surface area contributed by atoms with E-state index in [1.807, 2.05) is 29.2 Å².